The van der Waals surface area contributed by atoms with E-state index in [4.69, 9.17) is 5.11 Å². The number of halogens is 3. The van der Waals surface area contributed by atoms with Crippen molar-refractivity contribution < 1.29 is 32.6 Å². The molecule has 1 amide bonds. The summed E-state index contributed by atoms with van der Waals surface area (Å²) in [6.07, 6.45) is -5.07. The number of rotatable bonds is 3. The molecule has 6 nitrogen and oxygen atoms in total. The summed E-state index contributed by atoms with van der Waals surface area (Å²) in [7, 11) is 0.751. The van der Waals surface area contributed by atoms with Crippen LogP contribution in [-0.4, -0.2) is 36.0 Å². The number of carbonyl (C=O) groups is 2. The summed E-state index contributed by atoms with van der Waals surface area (Å²) >= 11 is 0. The Kier molecular flexibility index (Phi) is 4.68. The molecule has 0 aromatic heterocycles. The van der Waals surface area contributed by atoms with Gasteiger partial charge in [-0.2, -0.15) is 18.3 Å². The zero-order valence-electron chi connectivity index (χ0n) is 10.1. The van der Waals surface area contributed by atoms with Crippen molar-refractivity contribution in [1.82, 2.24) is 5.43 Å². The Labute approximate surface area is 110 Å². The van der Waals surface area contributed by atoms with E-state index in [9.17, 15) is 22.8 Å². The first-order valence-electron chi connectivity index (χ1n) is 5.08. The molecule has 0 aliphatic carbocycles. The number of esters is 1. The van der Waals surface area contributed by atoms with E-state index in [-0.39, 0.29) is 11.3 Å². The molecular weight excluding hydrogens is 281 g/mol. The van der Waals surface area contributed by atoms with Gasteiger partial charge >= 0.3 is 12.1 Å². The first-order valence-corrected chi connectivity index (χ1v) is 5.08. The summed E-state index contributed by atoms with van der Waals surface area (Å²) in [5.74, 6) is -2.99. The van der Waals surface area contributed by atoms with Gasteiger partial charge in [0, 0.05) is 5.56 Å². The van der Waals surface area contributed by atoms with Gasteiger partial charge in [0.1, 0.15) is 5.75 Å². The molecule has 1 aromatic rings. The third kappa shape index (κ3) is 3.97. The molecule has 0 heterocycles. The minimum absolute atomic E-state index is 0.125. The lowest BCUT2D eigenvalue weighted by atomic mass is 10.2. The maximum absolute atomic E-state index is 12.5. The first-order chi connectivity index (χ1) is 9.25. The third-order valence-corrected chi connectivity index (χ3v) is 2.02. The van der Waals surface area contributed by atoms with Crippen molar-refractivity contribution in [3.63, 3.8) is 0 Å². The summed E-state index contributed by atoms with van der Waals surface area (Å²) in [6, 6.07) is 4.86. The highest BCUT2D eigenvalue weighted by Crippen LogP contribution is 2.18. The van der Waals surface area contributed by atoms with Gasteiger partial charge in [0.15, 0.2) is 0 Å². The molecule has 0 fully saturated rings. The van der Waals surface area contributed by atoms with E-state index in [1.807, 2.05) is 0 Å². The van der Waals surface area contributed by atoms with Crippen LogP contribution in [0.25, 0.3) is 0 Å². The lowest BCUT2D eigenvalue weighted by Crippen LogP contribution is -2.35. The standard InChI is InChI=1S/C11H9F3N2O4/c1-20-10(19)8(11(12,13)14)15-16-9(18)6-3-2-4-7(17)5-6/h2-5,17H,1H3,(H,16,18). The summed E-state index contributed by atoms with van der Waals surface area (Å²) in [6.45, 7) is 0. The molecule has 0 aliphatic rings. The van der Waals surface area contributed by atoms with Crippen LogP contribution in [-0.2, 0) is 9.53 Å². The van der Waals surface area contributed by atoms with Crippen molar-refractivity contribution in [2.24, 2.45) is 5.10 Å². The summed E-state index contributed by atoms with van der Waals surface area (Å²) in [4.78, 5) is 22.4. The number of nitrogens with one attached hydrogen (secondary N) is 1. The number of ether oxygens (including phenoxy) is 1. The normalized spacial score (nSPS) is 11.9. The maximum Gasteiger partial charge on any atom is 0.442 e. The van der Waals surface area contributed by atoms with Gasteiger partial charge in [-0.25, -0.2) is 10.2 Å². The Bertz CT molecular complexity index is 555. The molecule has 9 heteroatoms. The van der Waals surface area contributed by atoms with E-state index >= 15 is 0 Å². The van der Waals surface area contributed by atoms with Crippen molar-refractivity contribution in [1.29, 1.82) is 0 Å². The predicted molar refractivity (Wildman–Crippen MR) is 61.1 cm³/mol. The van der Waals surface area contributed by atoms with Crippen LogP contribution in [0.2, 0.25) is 0 Å². The Balaban J connectivity index is 2.93. The van der Waals surface area contributed by atoms with Crippen LogP contribution in [0.3, 0.4) is 0 Å². The van der Waals surface area contributed by atoms with Crippen LogP contribution >= 0.6 is 0 Å². The monoisotopic (exact) mass is 290 g/mol. The molecule has 0 spiro atoms. The molecule has 0 bridgehead atoms. The number of carbonyl (C=O) groups excluding carboxylic acids is 2. The molecule has 0 unspecified atom stereocenters. The molecule has 1 rings (SSSR count). The number of amides is 1. The summed E-state index contributed by atoms with van der Waals surface area (Å²) in [5, 5.41) is 11.8. The van der Waals surface area contributed by atoms with Crippen LogP contribution in [0, 0.1) is 0 Å². The van der Waals surface area contributed by atoms with Crippen molar-refractivity contribution in [2.75, 3.05) is 7.11 Å². The zero-order valence-corrected chi connectivity index (χ0v) is 10.1. The number of aromatic hydroxyl groups is 1. The van der Waals surface area contributed by atoms with Gasteiger partial charge in [0.05, 0.1) is 7.11 Å². The van der Waals surface area contributed by atoms with Crippen molar-refractivity contribution >= 4 is 17.6 Å². The first kappa shape index (κ1) is 15.5. The van der Waals surface area contributed by atoms with Crippen LogP contribution in [0.5, 0.6) is 5.75 Å². The number of nitrogens with zero attached hydrogens (tertiary/aromatic N) is 1. The van der Waals surface area contributed by atoms with E-state index in [1.54, 1.807) is 5.43 Å². The molecule has 0 saturated carbocycles. The van der Waals surface area contributed by atoms with E-state index in [0.29, 0.717) is 0 Å². The Morgan fingerprint density at radius 1 is 1.35 bits per heavy atom. The van der Waals surface area contributed by atoms with Gasteiger partial charge in [-0.15, -0.1) is 0 Å². The quantitative estimate of drug-likeness (QED) is 0.497. The second-order valence-corrected chi connectivity index (χ2v) is 3.44. The van der Waals surface area contributed by atoms with Crippen LogP contribution < -0.4 is 5.43 Å². The average molecular weight is 290 g/mol. The molecule has 20 heavy (non-hydrogen) atoms. The van der Waals surface area contributed by atoms with Gasteiger partial charge in [-0.3, -0.25) is 4.79 Å². The SMILES string of the molecule is COC(=O)C(=NNC(=O)c1cccc(O)c1)C(F)(F)F. The number of hydrazone groups is 1. The highest BCUT2D eigenvalue weighted by Gasteiger charge is 2.42. The number of phenolic OH excluding ortho intramolecular Hbond substituents is 1. The number of alkyl halides is 3. The second-order valence-electron chi connectivity index (χ2n) is 3.44. The van der Waals surface area contributed by atoms with Crippen LogP contribution in [0.4, 0.5) is 13.2 Å². The number of phenols is 1. The highest BCUT2D eigenvalue weighted by atomic mass is 19.4. The molecule has 108 valence electrons. The Morgan fingerprint density at radius 3 is 2.50 bits per heavy atom. The van der Waals surface area contributed by atoms with Gasteiger partial charge in [-0.1, -0.05) is 6.07 Å². The average Bonchev–Trinajstić information content (AvgIpc) is 2.36. The third-order valence-electron chi connectivity index (χ3n) is 2.02. The van der Waals surface area contributed by atoms with Crippen molar-refractivity contribution in [3.8, 4) is 5.75 Å². The Hall–Kier alpha value is -2.58. The molecular formula is C11H9F3N2O4. The van der Waals surface area contributed by atoms with Gasteiger partial charge < -0.3 is 9.84 Å². The largest absolute Gasteiger partial charge is 0.508 e. The topological polar surface area (TPSA) is 88.0 Å². The number of benzene rings is 1. The zero-order chi connectivity index (χ0) is 15.3. The van der Waals surface area contributed by atoms with Gasteiger partial charge in [0.25, 0.3) is 5.91 Å². The van der Waals surface area contributed by atoms with E-state index in [2.05, 4.69) is 9.84 Å². The number of hydrogen-bond donors (Lipinski definition) is 2. The Morgan fingerprint density at radius 2 is 2.00 bits per heavy atom. The molecule has 0 saturated heterocycles. The summed E-state index contributed by atoms with van der Waals surface area (Å²) < 4.78 is 41.3. The van der Waals surface area contributed by atoms with Crippen molar-refractivity contribution in [2.45, 2.75) is 6.18 Å². The molecule has 0 aliphatic heterocycles. The minimum atomic E-state index is -5.07. The molecule has 0 atom stereocenters. The molecule has 0 radical (unpaired) electrons. The lowest BCUT2D eigenvalue weighted by Gasteiger charge is -2.08. The van der Waals surface area contributed by atoms with Crippen molar-refractivity contribution in [3.05, 3.63) is 29.8 Å². The minimum Gasteiger partial charge on any atom is -0.508 e. The van der Waals surface area contributed by atoms with E-state index < -0.39 is 23.8 Å². The van der Waals surface area contributed by atoms with E-state index in [1.165, 1.54) is 18.2 Å². The fourth-order valence-electron chi connectivity index (χ4n) is 1.14. The fraction of sp³-hybridized carbons (Fsp3) is 0.182. The maximum atomic E-state index is 12.5. The second kappa shape index (κ2) is 6.04. The smallest absolute Gasteiger partial charge is 0.442 e. The van der Waals surface area contributed by atoms with E-state index in [0.717, 1.165) is 13.2 Å². The number of methoxy groups -OCH3 is 1. The van der Waals surface area contributed by atoms with Gasteiger partial charge in [0.2, 0.25) is 5.71 Å². The predicted octanol–water partition coefficient (Wildman–Crippen LogP) is 1.21. The van der Waals surface area contributed by atoms with Crippen LogP contribution in [0.1, 0.15) is 10.4 Å². The van der Waals surface area contributed by atoms with Gasteiger partial charge in [-0.05, 0) is 18.2 Å². The number of hydrogen-bond acceptors (Lipinski definition) is 5. The molecule has 2 N–H and O–H groups in total. The summed E-state index contributed by atoms with van der Waals surface area (Å²) in [5.41, 5.74) is -0.455. The lowest BCUT2D eigenvalue weighted by molar-refractivity contribution is -0.137. The van der Waals surface area contributed by atoms with Crippen LogP contribution in [0.15, 0.2) is 29.4 Å². The molecule has 1 aromatic carbocycles. The fourth-order valence-corrected chi connectivity index (χ4v) is 1.14. The highest BCUT2D eigenvalue weighted by molar-refractivity contribution is 6.38.